The molecule has 9 nitrogen and oxygen atoms in total. The first-order chi connectivity index (χ1) is 17.8. The van der Waals surface area contributed by atoms with Crippen molar-refractivity contribution in [2.45, 2.75) is 32.8 Å². The smallest absolute Gasteiger partial charge is 0.414 e. The zero-order valence-electron chi connectivity index (χ0n) is 20.8. The molecule has 0 unspecified atom stereocenters. The van der Waals surface area contributed by atoms with Crippen molar-refractivity contribution >= 4 is 27.9 Å². The van der Waals surface area contributed by atoms with Crippen molar-refractivity contribution < 1.29 is 28.1 Å². The number of benzene rings is 2. The van der Waals surface area contributed by atoms with Gasteiger partial charge in [-0.15, -0.1) is 0 Å². The predicted octanol–water partition coefficient (Wildman–Crippen LogP) is 5.87. The van der Waals surface area contributed by atoms with E-state index in [0.717, 1.165) is 5.69 Å². The third-order valence-corrected chi connectivity index (χ3v) is 6.18. The second kappa shape index (κ2) is 9.96. The average molecular weight is 507 g/mol. The third kappa shape index (κ3) is 5.00. The Bertz CT molecular complexity index is 1490. The van der Waals surface area contributed by atoms with Crippen LogP contribution in [0.5, 0.6) is 23.1 Å². The van der Waals surface area contributed by atoms with Crippen LogP contribution in [-0.2, 0) is 4.74 Å². The van der Waals surface area contributed by atoms with E-state index in [-0.39, 0.29) is 17.7 Å². The molecule has 1 N–H and O–H groups in total. The molecule has 1 amide bonds. The highest BCUT2D eigenvalue weighted by molar-refractivity contribution is 5.87. The van der Waals surface area contributed by atoms with E-state index >= 15 is 4.39 Å². The summed E-state index contributed by atoms with van der Waals surface area (Å²) in [4.78, 5) is 25.4. The summed E-state index contributed by atoms with van der Waals surface area (Å²) in [5.41, 5.74) is 2.10. The van der Waals surface area contributed by atoms with Gasteiger partial charge in [0, 0.05) is 48.6 Å². The zero-order chi connectivity index (χ0) is 26.1. The number of carbonyl (C=O) groups is 1. The van der Waals surface area contributed by atoms with Gasteiger partial charge in [0.25, 0.3) is 0 Å². The van der Waals surface area contributed by atoms with E-state index in [2.05, 4.69) is 21.5 Å². The van der Waals surface area contributed by atoms with Gasteiger partial charge in [-0.2, -0.15) is 0 Å². The van der Waals surface area contributed by atoms with Gasteiger partial charge < -0.3 is 28.8 Å². The molecule has 1 fully saturated rings. The quantitative estimate of drug-likeness (QED) is 0.326. The van der Waals surface area contributed by atoms with E-state index in [0.29, 0.717) is 65.0 Å². The van der Waals surface area contributed by atoms with Crippen molar-refractivity contribution in [2.24, 2.45) is 0 Å². The number of piperidine rings is 1. The van der Waals surface area contributed by atoms with E-state index in [1.807, 2.05) is 6.92 Å². The van der Waals surface area contributed by atoms with Gasteiger partial charge in [0.05, 0.1) is 23.8 Å². The maximum Gasteiger partial charge on any atom is 0.414 e. The number of amides is 1. The largest absolute Gasteiger partial charge is 0.493 e. The van der Waals surface area contributed by atoms with Gasteiger partial charge >= 0.3 is 6.09 Å². The Labute approximate surface area is 212 Å². The number of ether oxygens (including phenoxy) is 4. The monoisotopic (exact) mass is 506 g/mol. The van der Waals surface area contributed by atoms with Gasteiger partial charge in [0.1, 0.15) is 12.4 Å². The van der Waals surface area contributed by atoms with Crippen LogP contribution in [0.25, 0.3) is 21.8 Å². The van der Waals surface area contributed by atoms with Crippen molar-refractivity contribution in [2.75, 3.05) is 20.2 Å². The topological polar surface area (TPSA) is 98.8 Å². The van der Waals surface area contributed by atoms with E-state index in [1.54, 1.807) is 42.2 Å². The molecule has 1 aliphatic rings. The Hall–Kier alpha value is -4.34. The van der Waals surface area contributed by atoms with Crippen molar-refractivity contribution in [3.63, 3.8) is 0 Å². The summed E-state index contributed by atoms with van der Waals surface area (Å²) in [6, 6.07) is 8.53. The molecule has 5 rings (SSSR count). The number of allylic oxidation sites excluding steroid dienone is 1. The molecule has 3 heterocycles. The summed E-state index contributed by atoms with van der Waals surface area (Å²) in [6.07, 6.45) is 2.09. The minimum absolute atomic E-state index is 0.0581. The minimum atomic E-state index is -0.473. The minimum Gasteiger partial charge on any atom is -0.493 e. The maximum atomic E-state index is 15.1. The Morgan fingerprint density at radius 2 is 1.89 bits per heavy atom. The Morgan fingerprint density at radius 3 is 2.62 bits per heavy atom. The number of aryl methyl sites for hydroxylation is 1. The zero-order valence-corrected chi connectivity index (χ0v) is 20.8. The molecular formula is C27H27FN4O5. The lowest BCUT2D eigenvalue weighted by Gasteiger charge is -2.31. The number of methoxy groups -OCH3 is 1. The molecule has 37 heavy (non-hydrogen) atoms. The molecule has 1 saturated heterocycles. The average Bonchev–Trinajstić information content (AvgIpc) is 3.26. The van der Waals surface area contributed by atoms with Crippen molar-refractivity contribution in [1.82, 2.24) is 19.9 Å². The number of aromatic amines is 1. The van der Waals surface area contributed by atoms with Gasteiger partial charge in [-0.1, -0.05) is 6.58 Å². The molecule has 0 aliphatic carbocycles. The molecule has 4 aromatic rings. The molecule has 0 spiro atoms. The lowest BCUT2D eigenvalue weighted by Crippen LogP contribution is -2.41. The first-order valence-electron chi connectivity index (χ1n) is 11.9. The van der Waals surface area contributed by atoms with Gasteiger partial charge in [-0.05, 0) is 38.1 Å². The number of nitrogens with zero attached hydrogens (tertiary/aromatic N) is 3. The normalized spacial score (nSPS) is 14.1. The van der Waals surface area contributed by atoms with E-state index in [4.69, 9.17) is 18.9 Å². The van der Waals surface area contributed by atoms with Crippen LogP contribution in [0.1, 0.15) is 25.5 Å². The van der Waals surface area contributed by atoms with E-state index in [9.17, 15) is 4.79 Å². The fourth-order valence-corrected chi connectivity index (χ4v) is 4.39. The van der Waals surface area contributed by atoms with Crippen molar-refractivity contribution in [3.8, 4) is 23.1 Å². The van der Waals surface area contributed by atoms with E-state index < -0.39 is 11.9 Å². The highest BCUT2D eigenvalue weighted by Gasteiger charge is 2.26. The summed E-state index contributed by atoms with van der Waals surface area (Å²) in [5.74, 6) is 1.12. The van der Waals surface area contributed by atoms with Gasteiger partial charge in [0.15, 0.2) is 23.1 Å². The molecule has 0 radical (unpaired) electrons. The summed E-state index contributed by atoms with van der Waals surface area (Å²) >= 11 is 0. The van der Waals surface area contributed by atoms with Gasteiger partial charge in [0.2, 0.25) is 5.88 Å². The van der Waals surface area contributed by atoms with Crippen LogP contribution < -0.4 is 14.2 Å². The third-order valence-electron chi connectivity index (χ3n) is 6.18. The highest BCUT2D eigenvalue weighted by Crippen LogP contribution is 2.38. The highest BCUT2D eigenvalue weighted by atomic mass is 19.1. The number of aromatic nitrogens is 3. The molecule has 192 valence electrons. The fraction of sp³-hybridized carbons (Fsp3) is 0.296. The van der Waals surface area contributed by atoms with Crippen LogP contribution in [-0.4, -0.2) is 52.2 Å². The lowest BCUT2D eigenvalue weighted by molar-refractivity contribution is 0.0807. The molecule has 0 saturated carbocycles. The van der Waals surface area contributed by atoms with Crippen LogP contribution in [0.4, 0.5) is 9.18 Å². The second-order valence-electron chi connectivity index (χ2n) is 8.97. The van der Waals surface area contributed by atoms with Crippen LogP contribution in [0.15, 0.2) is 49.0 Å². The van der Waals surface area contributed by atoms with Crippen LogP contribution >= 0.6 is 0 Å². The number of rotatable bonds is 6. The number of hydrogen-bond acceptors (Lipinski definition) is 7. The van der Waals surface area contributed by atoms with Gasteiger partial charge in [-0.3, -0.25) is 0 Å². The van der Waals surface area contributed by atoms with Crippen molar-refractivity contribution in [3.05, 3.63) is 60.5 Å². The standard InChI is InChI=1S/C27H27FN4O5/c1-15(2)35-27(33)32-9-7-17(8-10-32)36-24-13-21-19(12-23(24)34-4)26(30-14-29-21)37-22-6-5-20-18(25(22)28)11-16(3)31-20/h5-6,11-14,17,31H,1,7-10H2,2-4H3. The molecule has 1 aliphatic heterocycles. The van der Waals surface area contributed by atoms with E-state index in [1.165, 1.54) is 13.4 Å². The number of likely N-dealkylation sites (tertiary alicyclic amines) is 1. The molecular weight excluding hydrogens is 479 g/mol. The molecule has 2 aromatic heterocycles. The lowest BCUT2D eigenvalue weighted by atomic mass is 10.1. The van der Waals surface area contributed by atoms with Crippen LogP contribution in [0, 0.1) is 12.7 Å². The summed E-state index contributed by atoms with van der Waals surface area (Å²) in [7, 11) is 1.54. The van der Waals surface area contributed by atoms with Crippen LogP contribution in [0.3, 0.4) is 0 Å². The predicted molar refractivity (Wildman–Crippen MR) is 136 cm³/mol. The summed E-state index contributed by atoms with van der Waals surface area (Å²) in [6.45, 7) is 8.11. The molecule has 10 heteroatoms. The van der Waals surface area contributed by atoms with Crippen LogP contribution in [0.2, 0.25) is 0 Å². The molecule has 2 aromatic carbocycles. The Morgan fingerprint density at radius 1 is 1.11 bits per heavy atom. The van der Waals surface area contributed by atoms with Gasteiger partial charge in [-0.25, -0.2) is 19.2 Å². The maximum absolute atomic E-state index is 15.1. The first kappa shape index (κ1) is 24.4. The number of hydrogen-bond donors (Lipinski definition) is 1. The second-order valence-corrected chi connectivity index (χ2v) is 8.97. The number of fused-ring (bicyclic) bond motifs is 2. The number of carbonyl (C=O) groups excluding carboxylic acids is 1. The number of halogens is 1. The summed E-state index contributed by atoms with van der Waals surface area (Å²) in [5, 5.41) is 0.995. The first-order valence-corrected chi connectivity index (χ1v) is 11.9. The SMILES string of the molecule is C=C(C)OC(=O)N1CCC(Oc2cc3ncnc(Oc4ccc5[nH]c(C)cc5c4F)c3cc2OC)CC1. The Balaban J connectivity index is 1.36. The Kier molecular flexibility index (Phi) is 6.56. The fourth-order valence-electron chi connectivity index (χ4n) is 4.39. The molecule has 0 atom stereocenters. The number of H-pyrrole nitrogens is 1. The molecule has 0 bridgehead atoms. The van der Waals surface area contributed by atoms with Crippen molar-refractivity contribution in [1.29, 1.82) is 0 Å². The summed E-state index contributed by atoms with van der Waals surface area (Å²) < 4.78 is 37.9. The number of nitrogens with one attached hydrogen (secondary N) is 1.